The predicted molar refractivity (Wildman–Crippen MR) is 118 cm³/mol. The lowest BCUT2D eigenvalue weighted by atomic mass is 10.0. The van der Waals surface area contributed by atoms with E-state index in [1.807, 2.05) is 42.5 Å². The van der Waals surface area contributed by atoms with Crippen molar-refractivity contribution >= 4 is 63.0 Å². The van der Waals surface area contributed by atoms with Crippen LogP contribution in [0.1, 0.15) is 11.1 Å². The highest BCUT2D eigenvalue weighted by Crippen LogP contribution is 2.37. The number of methoxy groups -OCH3 is 1. The molecule has 1 aliphatic rings. The van der Waals surface area contributed by atoms with E-state index in [2.05, 4.69) is 0 Å². The quantitative estimate of drug-likeness (QED) is 0.438. The predicted octanol–water partition coefficient (Wildman–Crippen LogP) is 6.39. The van der Waals surface area contributed by atoms with Gasteiger partial charge in [0.25, 0.3) is 11.1 Å². The van der Waals surface area contributed by atoms with Crippen LogP contribution in [0, 0.1) is 0 Å². The van der Waals surface area contributed by atoms with Gasteiger partial charge in [-0.2, -0.15) is 0 Å². The highest BCUT2D eigenvalue weighted by molar-refractivity contribution is 8.18. The molecule has 1 aliphatic heterocycles. The molecule has 146 valence electrons. The Balaban J connectivity index is 1.63. The minimum absolute atomic E-state index is 0.216. The molecular formula is C22H15Cl2NO3S. The van der Waals surface area contributed by atoms with Crippen LogP contribution in [-0.2, 0) is 11.3 Å². The second kappa shape index (κ2) is 8.11. The molecule has 3 aromatic rings. The Kier molecular flexibility index (Phi) is 5.54. The van der Waals surface area contributed by atoms with Crippen LogP contribution < -0.4 is 4.74 Å². The summed E-state index contributed by atoms with van der Waals surface area (Å²) in [5.74, 6) is 0.0329. The van der Waals surface area contributed by atoms with Crippen LogP contribution in [0.5, 0.6) is 5.75 Å². The first-order valence-corrected chi connectivity index (χ1v) is 10.3. The van der Waals surface area contributed by atoms with Gasteiger partial charge in [-0.1, -0.05) is 65.7 Å². The Bertz CT molecular complexity index is 1150. The summed E-state index contributed by atoms with van der Waals surface area (Å²) >= 11 is 13.2. The van der Waals surface area contributed by atoms with Gasteiger partial charge < -0.3 is 4.74 Å². The van der Waals surface area contributed by atoms with E-state index in [4.69, 9.17) is 27.9 Å². The highest BCUT2D eigenvalue weighted by Gasteiger charge is 2.35. The molecule has 0 saturated carbocycles. The molecule has 0 spiro atoms. The van der Waals surface area contributed by atoms with E-state index in [9.17, 15) is 9.59 Å². The lowest BCUT2D eigenvalue weighted by Gasteiger charge is -2.14. The van der Waals surface area contributed by atoms with Crippen molar-refractivity contribution in [2.24, 2.45) is 0 Å². The molecule has 0 aromatic heterocycles. The fourth-order valence-electron chi connectivity index (χ4n) is 3.25. The van der Waals surface area contributed by atoms with Gasteiger partial charge in [-0.3, -0.25) is 14.5 Å². The van der Waals surface area contributed by atoms with Crippen molar-refractivity contribution in [1.29, 1.82) is 0 Å². The number of hydrogen-bond donors (Lipinski definition) is 0. The molecule has 4 rings (SSSR count). The number of nitrogens with zero attached hydrogens (tertiary/aromatic N) is 1. The number of hydrogen-bond acceptors (Lipinski definition) is 4. The number of ether oxygens (including phenoxy) is 1. The van der Waals surface area contributed by atoms with Gasteiger partial charge in [0.1, 0.15) is 0 Å². The molecule has 29 heavy (non-hydrogen) atoms. The summed E-state index contributed by atoms with van der Waals surface area (Å²) in [6, 6.07) is 17.0. The van der Waals surface area contributed by atoms with Crippen molar-refractivity contribution in [3.63, 3.8) is 0 Å². The number of imide groups is 1. The second-order valence-electron chi connectivity index (χ2n) is 6.42. The van der Waals surface area contributed by atoms with Crippen LogP contribution in [0.2, 0.25) is 10.0 Å². The average Bonchev–Trinajstić information content (AvgIpc) is 2.95. The highest BCUT2D eigenvalue weighted by atomic mass is 35.5. The molecule has 1 fully saturated rings. The smallest absolute Gasteiger partial charge is 0.293 e. The van der Waals surface area contributed by atoms with Crippen molar-refractivity contribution in [1.82, 2.24) is 4.90 Å². The maximum atomic E-state index is 12.9. The molecular weight excluding hydrogens is 429 g/mol. The zero-order valence-electron chi connectivity index (χ0n) is 15.3. The third-order valence-corrected chi connectivity index (χ3v) is 6.07. The third kappa shape index (κ3) is 3.86. The van der Waals surface area contributed by atoms with Gasteiger partial charge in [0, 0.05) is 0 Å². The van der Waals surface area contributed by atoms with Gasteiger partial charge in [-0.15, -0.1) is 0 Å². The topological polar surface area (TPSA) is 46.6 Å². The van der Waals surface area contributed by atoms with Crippen molar-refractivity contribution in [3.05, 3.63) is 80.7 Å². The summed E-state index contributed by atoms with van der Waals surface area (Å²) in [6.07, 6.45) is 1.62. The number of fused-ring (bicyclic) bond motifs is 1. The Hall–Kier alpha value is -2.47. The number of rotatable bonds is 4. The van der Waals surface area contributed by atoms with Gasteiger partial charge in [-0.05, 0) is 51.9 Å². The van der Waals surface area contributed by atoms with Crippen LogP contribution in [0.3, 0.4) is 0 Å². The van der Waals surface area contributed by atoms with Gasteiger partial charge in [-0.25, -0.2) is 0 Å². The van der Waals surface area contributed by atoms with Gasteiger partial charge >= 0.3 is 0 Å². The fourth-order valence-corrected chi connectivity index (χ4v) is 4.74. The van der Waals surface area contributed by atoms with E-state index in [0.717, 1.165) is 28.1 Å². The maximum Gasteiger partial charge on any atom is 0.293 e. The molecule has 0 aliphatic carbocycles. The molecule has 0 unspecified atom stereocenters. The molecule has 3 aromatic carbocycles. The van der Waals surface area contributed by atoms with E-state index in [-0.39, 0.29) is 17.7 Å². The third-order valence-electron chi connectivity index (χ3n) is 4.60. The number of halogens is 2. The van der Waals surface area contributed by atoms with E-state index in [0.29, 0.717) is 26.3 Å². The summed E-state index contributed by atoms with van der Waals surface area (Å²) in [7, 11) is 1.48. The second-order valence-corrected chi connectivity index (χ2v) is 8.23. The SMILES string of the molecule is COc1c(Cl)cc(/C=C2\SC(=O)N(Cc3cccc4ccccc34)C2=O)cc1Cl. The van der Waals surface area contributed by atoms with E-state index in [1.54, 1.807) is 18.2 Å². The summed E-state index contributed by atoms with van der Waals surface area (Å²) in [4.78, 5) is 27.0. The summed E-state index contributed by atoms with van der Waals surface area (Å²) in [5, 5.41) is 2.45. The molecule has 0 atom stereocenters. The summed E-state index contributed by atoms with van der Waals surface area (Å²) in [6.45, 7) is 0.216. The van der Waals surface area contributed by atoms with Gasteiger partial charge in [0.15, 0.2) is 5.75 Å². The summed E-state index contributed by atoms with van der Waals surface area (Å²) < 4.78 is 5.14. The molecule has 1 heterocycles. The van der Waals surface area contributed by atoms with E-state index < -0.39 is 0 Å². The molecule has 0 bridgehead atoms. The Morgan fingerprint density at radius 1 is 1.03 bits per heavy atom. The maximum absolute atomic E-state index is 12.9. The van der Waals surface area contributed by atoms with Gasteiger partial charge in [0.2, 0.25) is 0 Å². The minimum Gasteiger partial charge on any atom is -0.494 e. The Labute approximate surface area is 182 Å². The molecule has 0 radical (unpaired) electrons. The number of carbonyl (C=O) groups is 2. The van der Waals surface area contributed by atoms with Gasteiger partial charge in [0.05, 0.1) is 28.6 Å². The average molecular weight is 444 g/mol. The normalized spacial score (nSPS) is 15.6. The lowest BCUT2D eigenvalue weighted by Crippen LogP contribution is -2.27. The van der Waals surface area contributed by atoms with Crippen LogP contribution >= 0.6 is 35.0 Å². The lowest BCUT2D eigenvalue weighted by molar-refractivity contribution is -0.123. The molecule has 0 N–H and O–H groups in total. The van der Waals surface area contributed by atoms with Crippen molar-refractivity contribution in [2.75, 3.05) is 7.11 Å². The van der Waals surface area contributed by atoms with Crippen molar-refractivity contribution < 1.29 is 14.3 Å². The van der Waals surface area contributed by atoms with Crippen LogP contribution in [0.25, 0.3) is 16.8 Å². The molecule has 2 amide bonds. The largest absolute Gasteiger partial charge is 0.494 e. The standard InChI is InChI=1S/C22H15Cl2NO3S/c1-28-20-17(23)9-13(10-18(20)24)11-19-21(26)25(22(27)29-19)12-15-7-4-6-14-5-2-3-8-16(14)15/h2-11H,12H2,1H3/b19-11-. The Morgan fingerprint density at radius 3 is 2.45 bits per heavy atom. The first-order valence-electron chi connectivity index (χ1n) is 8.73. The number of benzene rings is 3. The van der Waals surface area contributed by atoms with Crippen LogP contribution in [0.4, 0.5) is 4.79 Å². The summed E-state index contributed by atoms with van der Waals surface area (Å²) in [5.41, 5.74) is 1.54. The molecule has 4 nitrogen and oxygen atoms in total. The van der Waals surface area contributed by atoms with E-state index >= 15 is 0 Å². The van der Waals surface area contributed by atoms with E-state index in [1.165, 1.54) is 12.0 Å². The zero-order valence-corrected chi connectivity index (χ0v) is 17.6. The Morgan fingerprint density at radius 2 is 1.72 bits per heavy atom. The minimum atomic E-state index is -0.337. The monoisotopic (exact) mass is 443 g/mol. The van der Waals surface area contributed by atoms with Crippen molar-refractivity contribution in [3.8, 4) is 5.75 Å². The zero-order chi connectivity index (χ0) is 20.5. The number of thioether (sulfide) groups is 1. The number of amides is 2. The van der Waals surface area contributed by atoms with Crippen molar-refractivity contribution in [2.45, 2.75) is 6.54 Å². The fraction of sp³-hybridized carbons (Fsp3) is 0.0909. The van der Waals surface area contributed by atoms with Crippen LogP contribution in [-0.4, -0.2) is 23.2 Å². The first kappa shape index (κ1) is 19.8. The molecule has 7 heteroatoms. The van der Waals surface area contributed by atoms with Crippen LogP contribution in [0.15, 0.2) is 59.5 Å². The number of carbonyl (C=O) groups excluding carboxylic acids is 2. The molecule has 1 saturated heterocycles. The first-order chi connectivity index (χ1) is 14.0.